The van der Waals surface area contributed by atoms with Crippen molar-refractivity contribution >= 4 is 27.7 Å². The summed E-state index contributed by atoms with van der Waals surface area (Å²) < 4.78 is 5.94. The summed E-state index contributed by atoms with van der Waals surface area (Å²) in [5, 5.41) is 12.0. The van der Waals surface area contributed by atoms with Crippen molar-refractivity contribution in [2.75, 3.05) is 5.75 Å². The molecule has 158 valence electrons. The van der Waals surface area contributed by atoms with Gasteiger partial charge in [0.1, 0.15) is 11.3 Å². The van der Waals surface area contributed by atoms with E-state index in [0.29, 0.717) is 23.2 Å². The largest absolute Gasteiger partial charge is 0.506 e. The number of nitrogens with zero attached hydrogens (tertiary/aromatic N) is 2. The molecular weight excluding hydrogens is 575 g/mol. The minimum atomic E-state index is 0. The van der Waals surface area contributed by atoms with Gasteiger partial charge in [-0.25, -0.2) is 4.98 Å². The first-order valence-electron chi connectivity index (χ1n) is 10.3. The number of aromatic hydroxyl groups is 1. The van der Waals surface area contributed by atoms with Crippen LogP contribution in [0.5, 0.6) is 17.4 Å². The van der Waals surface area contributed by atoms with Gasteiger partial charge in [-0.15, -0.1) is 23.8 Å². The third-order valence-electron chi connectivity index (χ3n) is 5.75. The average molecular weight is 599 g/mol. The monoisotopic (exact) mass is 598 g/mol. The summed E-state index contributed by atoms with van der Waals surface area (Å²) >= 11 is 1.83. The molecule has 2 aromatic carbocycles. The van der Waals surface area contributed by atoms with E-state index in [9.17, 15) is 5.11 Å². The molecule has 1 aliphatic heterocycles. The number of phenolic OH excluding ortho intramolecular Hbond substituents is 1. The molecule has 2 heterocycles. The van der Waals surface area contributed by atoms with Gasteiger partial charge in [0.2, 0.25) is 5.88 Å². The van der Waals surface area contributed by atoms with Crippen LogP contribution in [0, 0.1) is 12.0 Å². The molecule has 0 spiro atoms. The minimum Gasteiger partial charge on any atom is -0.506 e. The second-order valence-electron chi connectivity index (χ2n) is 7.74. The molecule has 0 bridgehead atoms. The molecule has 0 amide bonds. The SMILES string of the molecule is Oc1cccc2ccc(Oc3[c-]c(C4=N[C@@H](C5CCCCC5)CS4)ccc3)nc12.[Pt]. The molecule has 0 saturated heterocycles. The fourth-order valence-corrected chi connectivity index (χ4v) is 5.37. The molecule has 2 aliphatic rings. The van der Waals surface area contributed by atoms with E-state index in [4.69, 9.17) is 9.73 Å². The molecule has 4 nitrogen and oxygen atoms in total. The van der Waals surface area contributed by atoms with Gasteiger partial charge in [0.05, 0.1) is 6.04 Å². The zero-order valence-corrected chi connectivity index (χ0v) is 19.6. The van der Waals surface area contributed by atoms with Crippen molar-refractivity contribution in [2.24, 2.45) is 10.9 Å². The number of fused-ring (bicyclic) bond motifs is 1. The van der Waals surface area contributed by atoms with E-state index in [1.54, 1.807) is 12.1 Å². The van der Waals surface area contributed by atoms with Crippen LogP contribution in [0.3, 0.4) is 0 Å². The van der Waals surface area contributed by atoms with Crippen LogP contribution >= 0.6 is 11.8 Å². The van der Waals surface area contributed by atoms with E-state index in [1.165, 1.54) is 32.1 Å². The fourth-order valence-electron chi connectivity index (χ4n) is 4.21. The van der Waals surface area contributed by atoms with E-state index in [-0.39, 0.29) is 26.8 Å². The van der Waals surface area contributed by atoms with Gasteiger partial charge in [-0.2, -0.15) is 11.8 Å². The van der Waals surface area contributed by atoms with Crippen molar-refractivity contribution in [1.82, 2.24) is 4.98 Å². The smallest absolute Gasteiger partial charge is 0.217 e. The zero-order valence-electron chi connectivity index (χ0n) is 16.5. The van der Waals surface area contributed by atoms with Crippen LogP contribution in [0.25, 0.3) is 10.9 Å². The summed E-state index contributed by atoms with van der Waals surface area (Å²) in [5.41, 5.74) is 1.52. The number of benzene rings is 2. The van der Waals surface area contributed by atoms with Crippen molar-refractivity contribution in [3.8, 4) is 17.4 Å². The van der Waals surface area contributed by atoms with Gasteiger partial charge in [0, 0.05) is 49.1 Å². The quantitative estimate of drug-likeness (QED) is 0.376. The second-order valence-corrected chi connectivity index (χ2v) is 8.75. The van der Waals surface area contributed by atoms with Crippen LogP contribution in [-0.4, -0.2) is 26.9 Å². The summed E-state index contributed by atoms with van der Waals surface area (Å²) in [5.74, 6) is 3.01. The van der Waals surface area contributed by atoms with Crippen LogP contribution in [-0.2, 0) is 21.1 Å². The van der Waals surface area contributed by atoms with E-state index in [1.807, 2.05) is 48.2 Å². The van der Waals surface area contributed by atoms with Gasteiger partial charge in [0.25, 0.3) is 0 Å². The summed E-state index contributed by atoms with van der Waals surface area (Å²) in [6.07, 6.45) is 6.70. The topological polar surface area (TPSA) is 54.7 Å². The average Bonchev–Trinajstić information content (AvgIpc) is 3.26. The molecule has 1 atom stereocenters. The maximum absolute atomic E-state index is 10.0. The van der Waals surface area contributed by atoms with Crippen LogP contribution in [0.2, 0.25) is 0 Å². The molecule has 1 aliphatic carbocycles. The number of thioether (sulfide) groups is 1. The van der Waals surface area contributed by atoms with Crippen molar-refractivity contribution < 1.29 is 30.9 Å². The van der Waals surface area contributed by atoms with E-state index < -0.39 is 0 Å². The molecule has 1 fully saturated rings. The molecule has 0 radical (unpaired) electrons. The Balaban J connectivity index is 0.00000218. The molecule has 1 aromatic heterocycles. The maximum Gasteiger partial charge on any atom is 0.217 e. The van der Waals surface area contributed by atoms with Crippen LogP contribution in [0.4, 0.5) is 0 Å². The molecule has 30 heavy (non-hydrogen) atoms. The number of rotatable bonds is 4. The number of pyridine rings is 1. The first-order valence-corrected chi connectivity index (χ1v) is 11.2. The Morgan fingerprint density at radius 1 is 1.00 bits per heavy atom. The van der Waals surface area contributed by atoms with Crippen LogP contribution in [0.15, 0.2) is 53.5 Å². The Morgan fingerprint density at radius 2 is 1.83 bits per heavy atom. The summed E-state index contributed by atoms with van der Waals surface area (Å²) in [6, 6.07) is 18.7. The number of aromatic nitrogens is 1. The summed E-state index contributed by atoms with van der Waals surface area (Å²) in [6.45, 7) is 0. The molecule has 5 rings (SSSR count). The van der Waals surface area contributed by atoms with Crippen molar-refractivity contribution in [3.05, 3.63) is 60.2 Å². The number of hydrogen-bond donors (Lipinski definition) is 1. The number of phenols is 1. The molecular formula is C24H23N2O2PtS-. The van der Waals surface area contributed by atoms with Crippen molar-refractivity contribution in [1.29, 1.82) is 0 Å². The normalized spacial score (nSPS) is 19.3. The molecule has 3 aromatic rings. The van der Waals surface area contributed by atoms with Crippen molar-refractivity contribution in [2.45, 2.75) is 38.1 Å². The van der Waals surface area contributed by atoms with Gasteiger partial charge < -0.3 is 14.8 Å². The molecule has 1 N–H and O–H groups in total. The number of aliphatic imine (C=N–C) groups is 1. The Morgan fingerprint density at radius 3 is 2.70 bits per heavy atom. The zero-order chi connectivity index (χ0) is 19.6. The van der Waals surface area contributed by atoms with Gasteiger partial charge in [-0.3, -0.25) is 0 Å². The third kappa shape index (κ3) is 4.57. The van der Waals surface area contributed by atoms with E-state index >= 15 is 0 Å². The standard InChI is InChI=1S/C24H23N2O2S.Pt/c27-21-11-5-8-17-12-13-22(26-23(17)21)28-19-10-4-9-18(14-19)24-25-20(15-29-24)16-6-2-1-3-7-16;/h4-5,8-13,16,20,27H,1-3,6-7,15H2;/q-1;/t20-;/m1./s1. The predicted octanol–water partition coefficient (Wildman–Crippen LogP) is 5.97. The number of ether oxygens (including phenoxy) is 1. The Bertz CT molecular complexity index is 1070. The maximum atomic E-state index is 10.0. The van der Waals surface area contributed by atoms with Crippen LogP contribution in [0.1, 0.15) is 37.7 Å². The van der Waals surface area contributed by atoms with E-state index in [2.05, 4.69) is 11.1 Å². The van der Waals surface area contributed by atoms with Gasteiger partial charge >= 0.3 is 0 Å². The predicted molar refractivity (Wildman–Crippen MR) is 118 cm³/mol. The number of para-hydroxylation sites is 1. The Labute approximate surface area is 195 Å². The van der Waals surface area contributed by atoms with Gasteiger partial charge in [-0.1, -0.05) is 37.5 Å². The van der Waals surface area contributed by atoms with Crippen LogP contribution < -0.4 is 4.74 Å². The minimum absolute atomic E-state index is 0. The Hall–Kier alpha value is -1.84. The summed E-state index contributed by atoms with van der Waals surface area (Å²) in [4.78, 5) is 9.47. The van der Waals surface area contributed by atoms with E-state index in [0.717, 1.165) is 27.7 Å². The second kappa shape index (κ2) is 9.53. The number of hydrogen-bond acceptors (Lipinski definition) is 5. The molecule has 1 saturated carbocycles. The summed E-state index contributed by atoms with van der Waals surface area (Å²) in [7, 11) is 0. The molecule has 6 heteroatoms. The van der Waals surface area contributed by atoms with Gasteiger partial charge in [-0.05, 0) is 30.9 Å². The van der Waals surface area contributed by atoms with Gasteiger partial charge in [0.15, 0.2) is 0 Å². The van der Waals surface area contributed by atoms with Crippen molar-refractivity contribution in [3.63, 3.8) is 0 Å². The fraction of sp³-hybridized carbons (Fsp3) is 0.333. The molecule has 0 unspecified atom stereocenters. The third-order valence-corrected chi connectivity index (χ3v) is 6.86. The first-order chi connectivity index (χ1) is 14.3. The first kappa shape index (κ1) is 21.4. The Kier molecular flexibility index (Phi) is 6.80.